The van der Waals surface area contributed by atoms with Gasteiger partial charge in [-0.15, -0.1) is 0 Å². The van der Waals surface area contributed by atoms with Crippen LogP contribution in [0.4, 0.5) is 0 Å². The second-order valence-corrected chi connectivity index (χ2v) is 9.59. The molecule has 1 atom stereocenters. The number of carbonyl (C=O) groups excluding carboxylic acids is 1. The van der Waals surface area contributed by atoms with Crippen molar-refractivity contribution in [3.63, 3.8) is 0 Å². The van der Waals surface area contributed by atoms with E-state index in [0.717, 1.165) is 45.2 Å². The number of likely N-dealkylation sites (tertiary alicyclic amines) is 1. The number of amides is 1. The molecular formula is C18H29N5O3S. The predicted molar refractivity (Wildman–Crippen MR) is 102 cm³/mol. The van der Waals surface area contributed by atoms with Crippen LogP contribution in [0.25, 0.3) is 0 Å². The number of aromatic nitrogens is 2. The van der Waals surface area contributed by atoms with Gasteiger partial charge in [-0.1, -0.05) is 6.42 Å². The van der Waals surface area contributed by atoms with Gasteiger partial charge in [0, 0.05) is 39.9 Å². The van der Waals surface area contributed by atoms with Gasteiger partial charge in [-0.05, 0) is 39.0 Å². The molecule has 2 saturated heterocycles. The molecule has 8 nitrogen and oxygen atoms in total. The van der Waals surface area contributed by atoms with Gasteiger partial charge in [-0.3, -0.25) is 4.79 Å². The fourth-order valence-electron chi connectivity index (χ4n) is 3.77. The number of aryl methyl sites for hydroxylation is 1. The lowest BCUT2D eigenvalue weighted by Gasteiger charge is -2.35. The highest BCUT2D eigenvalue weighted by Gasteiger charge is 2.36. The van der Waals surface area contributed by atoms with E-state index in [2.05, 4.69) is 9.97 Å². The standard InChI is InChI=1S/C18H29N5O3S/c1-14-15(18(24)22-10-6-4-7-11-22)13-19-17(20-14)16-9-5-8-12-23(16)27(25,26)21(2)3/h13,16H,4-12H2,1-3H3. The maximum absolute atomic E-state index is 12.8. The van der Waals surface area contributed by atoms with Crippen molar-refractivity contribution in [3.8, 4) is 0 Å². The third-order valence-electron chi connectivity index (χ3n) is 5.38. The molecule has 0 spiro atoms. The number of piperidine rings is 2. The van der Waals surface area contributed by atoms with Crippen LogP contribution in [0.3, 0.4) is 0 Å². The lowest BCUT2D eigenvalue weighted by Crippen LogP contribution is -2.45. The molecule has 0 saturated carbocycles. The van der Waals surface area contributed by atoms with E-state index < -0.39 is 10.2 Å². The van der Waals surface area contributed by atoms with Gasteiger partial charge in [-0.2, -0.15) is 17.0 Å². The van der Waals surface area contributed by atoms with Gasteiger partial charge in [0.25, 0.3) is 16.1 Å². The third-order valence-corrected chi connectivity index (χ3v) is 7.33. The van der Waals surface area contributed by atoms with E-state index >= 15 is 0 Å². The van der Waals surface area contributed by atoms with Crippen LogP contribution in [0.15, 0.2) is 6.20 Å². The molecule has 27 heavy (non-hydrogen) atoms. The molecule has 9 heteroatoms. The van der Waals surface area contributed by atoms with Crippen LogP contribution in [0.2, 0.25) is 0 Å². The van der Waals surface area contributed by atoms with Crippen LogP contribution in [0.1, 0.15) is 66.4 Å². The zero-order valence-electron chi connectivity index (χ0n) is 16.4. The molecule has 150 valence electrons. The van der Waals surface area contributed by atoms with Crippen LogP contribution >= 0.6 is 0 Å². The Morgan fingerprint density at radius 2 is 1.78 bits per heavy atom. The van der Waals surface area contributed by atoms with Crippen molar-refractivity contribution in [1.29, 1.82) is 0 Å². The summed E-state index contributed by atoms with van der Waals surface area (Å²) >= 11 is 0. The largest absolute Gasteiger partial charge is 0.339 e. The summed E-state index contributed by atoms with van der Waals surface area (Å²) < 4.78 is 28.1. The highest BCUT2D eigenvalue weighted by atomic mass is 32.2. The molecule has 1 unspecified atom stereocenters. The Hall–Kier alpha value is -1.58. The van der Waals surface area contributed by atoms with E-state index in [1.807, 2.05) is 4.90 Å². The second kappa shape index (κ2) is 8.20. The summed E-state index contributed by atoms with van der Waals surface area (Å²) in [5, 5.41) is 0. The van der Waals surface area contributed by atoms with E-state index in [0.29, 0.717) is 30.0 Å². The number of rotatable bonds is 4. The lowest BCUT2D eigenvalue weighted by atomic mass is 10.0. The van der Waals surface area contributed by atoms with Crippen molar-refractivity contribution >= 4 is 16.1 Å². The third kappa shape index (κ3) is 4.14. The van der Waals surface area contributed by atoms with Gasteiger partial charge >= 0.3 is 0 Å². The molecule has 2 aliphatic heterocycles. The topological polar surface area (TPSA) is 86.7 Å². The summed E-state index contributed by atoms with van der Waals surface area (Å²) in [5.74, 6) is 0.452. The summed E-state index contributed by atoms with van der Waals surface area (Å²) in [4.78, 5) is 23.6. The quantitative estimate of drug-likeness (QED) is 0.775. The van der Waals surface area contributed by atoms with Gasteiger partial charge in [0.05, 0.1) is 17.3 Å². The first-order chi connectivity index (χ1) is 12.8. The van der Waals surface area contributed by atoms with Gasteiger partial charge in [0.2, 0.25) is 0 Å². The molecular weight excluding hydrogens is 366 g/mol. The molecule has 0 radical (unpaired) electrons. The fourth-order valence-corrected chi connectivity index (χ4v) is 5.07. The predicted octanol–water partition coefficient (Wildman–Crippen LogP) is 1.74. The summed E-state index contributed by atoms with van der Waals surface area (Å²) in [5.41, 5.74) is 1.13. The van der Waals surface area contributed by atoms with Crippen LogP contribution in [0, 0.1) is 6.92 Å². The van der Waals surface area contributed by atoms with Crippen molar-refractivity contribution in [1.82, 2.24) is 23.5 Å². The van der Waals surface area contributed by atoms with Crippen LogP contribution < -0.4 is 0 Å². The first kappa shape index (κ1) is 20.2. The first-order valence-corrected chi connectivity index (χ1v) is 11.0. The maximum Gasteiger partial charge on any atom is 0.282 e. The van der Waals surface area contributed by atoms with Crippen molar-refractivity contribution in [2.75, 3.05) is 33.7 Å². The molecule has 1 amide bonds. The van der Waals surface area contributed by atoms with Crippen molar-refractivity contribution in [2.24, 2.45) is 0 Å². The van der Waals surface area contributed by atoms with Crippen LogP contribution in [0.5, 0.6) is 0 Å². The van der Waals surface area contributed by atoms with E-state index in [4.69, 9.17) is 0 Å². The average Bonchev–Trinajstić information content (AvgIpc) is 2.68. The van der Waals surface area contributed by atoms with Crippen molar-refractivity contribution in [2.45, 2.75) is 51.5 Å². The fraction of sp³-hybridized carbons (Fsp3) is 0.722. The van der Waals surface area contributed by atoms with Crippen molar-refractivity contribution in [3.05, 3.63) is 23.3 Å². The summed E-state index contributed by atoms with van der Waals surface area (Å²) in [6.45, 7) is 3.81. The van der Waals surface area contributed by atoms with Crippen LogP contribution in [-0.2, 0) is 10.2 Å². The normalized spacial score (nSPS) is 22.2. The molecule has 0 N–H and O–H groups in total. The molecule has 0 aliphatic carbocycles. The molecule has 0 bridgehead atoms. The van der Waals surface area contributed by atoms with Gasteiger partial charge < -0.3 is 4.90 Å². The van der Waals surface area contributed by atoms with E-state index in [1.165, 1.54) is 22.7 Å². The summed E-state index contributed by atoms with van der Waals surface area (Å²) in [6, 6.07) is -0.385. The molecule has 3 rings (SSSR count). The zero-order valence-corrected chi connectivity index (χ0v) is 17.2. The number of carbonyl (C=O) groups is 1. The van der Waals surface area contributed by atoms with E-state index in [9.17, 15) is 13.2 Å². The smallest absolute Gasteiger partial charge is 0.282 e. The highest BCUT2D eigenvalue weighted by Crippen LogP contribution is 2.32. The first-order valence-electron chi connectivity index (χ1n) is 9.64. The Morgan fingerprint density at radius 1 is 1.11 bits per heavy atom. The number of hydrogen-bond acceptors (Lipinski definition) is 5. The van der Waals surface area contributed by atoms with Gasteiger partial charge in [0.15, 0.2) is 0 Å². The minimum absolute atomic E-state index is 0.0276. The van der Waals surface area contributed by atoms with Crippen LogP contribution in [-0.4, -0.2) is 71.5 Å². The Bertz CT molecular complexity index is 790. The monoisotopic (exact) mass is 395 g/mol. The maximum atomic E-state index is 12.8. The molecule has 2 aliphatic rings. The van der Waals surface area contributed by atoms with E-state index in [1.54, 1.807) is 13.1 Å². The number of hydrogen-bond donors (Lipinski definition) is 0. The van der Waals surface area contributed by atoms with Gasteiger partial charge in [0.1, 0.15) is 5.82 Å². The second-order valence-electron chi connectivity index (χ2n) is 7.49. The Labute approximate surface area is 161 Å². The molecule has 0 aromatic carbocycles. The Kier molecular flexibility index (Phi) is 6.12. The Balaban J connectivity index is 1.86. The average molecular weight is 396 g/mol. The zero-order chi connectivity index (χ0) is 19.6. The SMILES string of the molecule is Cc1nc(C2CCCCN2S(=O)(=O)N(C)C)ncc1C(=O)N1CCCCC1. The molecule has 1 aromatic heterocycles. The highest BCUT2D eigenvalue weighted by molar-refractivity contribution is 7.86. The summed E-state index contributed by atoms with van der Waals surface area (Å²) in [7, 11) is -0.472. The minimum atomic E-state index is -3.54. The van der Waals surface area contributed by atoms with Gasteiger partial charge in [-0.25, -0.2) is 9.97 Å². The van der Waals surface area contributed by atoms with Crippen molar-refractivity contribution < 1.29 is 13.2 Å². The number of nitrogens with zero attached hydrogens (tertiary/aromatic N) is 5. The van der Waals surface area contributed by atoms with E-state index in [-0.39, 0.29) is 11.9 Å². The Morgan fingerprint density at radius 3 is 2.41 bits per heavy atom. The molecule has 1 aromatic rings. The summed E-state index contributed by atoms with van der Waals surface area (Å²) in [6.07, 6.45) is 7.24. The minimum Gasteiger partial charge on any atom is -0.339 e. The lowest BCUT2D eigenvalue weighted by molar-refractivity contribution is 0.0722. The molecule has 2 fully saturated rings. The molecule has 3 heterocycles.